The lowest BCUT2D eigenvalue weighted by Gasteiger charge is -2.24. The Morgan fingerprint density at radius 3 is 2.15 bits per heavy atom. The van der Waals surface area contributed by atoms with E-state index in [1.54, 1.807) is 6.92 Å². The van der Waals surface area contributed by atoms with Crippen LogP contribution >= 0.6 is 0 Å². The monoisotopic (exact) mass is 459 g/mol. The molecule has 2 amide bonds. The van der Waals surface area contributed by atoms with Crippen LogP contribution in [-0.4, -0.2) is 40.2 Å². The first-order valence-electron chi connectivity index (χ1n) is 11.0. The molecule has 8 nitrogen and oxygen atoms in total. The number of carboxylic acid groups (broad SMARTS) is 1. The van der Waals surface area contributed by atoms with Crippen molar-refractivity contribution in [2.24, 2.45) is 0 Å². The summed E-state index contributed by atoms with van der Waals surface area (Å²) in [5, 5.41) is 14.4. The third kappa shape index (κ3) is 4.47. The highest BCUT2D eigenvalue weighted by Gasteiger charge is 2.33. The van der Waals surface area contributed by atoms with Gasteiger partial charge in [0.15, 0.2) is 0 Å². The molecular formula is C26H25N3O5. The highest BCUT2D eigenvalue weighted by molar-refractivity contribution is 5.96. The first-order valence-corrected chi connectivity index (χ1v) is 11.0. The summed E-state index contributed by atoms with van der Waals surface area (Å²) >= 11 is 0. The minimum atomic E-state index is -1.39. The van der Waals surface area contributed by atoms with E-state index in [1.165, 1.54) is 25.3 Å². The summed E-state index contributed by atoms with van der Waals surface area (Å²) in [6.45, 7) is 3.28. The molecular weight excluding hydrogens is 434 g/mol. The van der Waals surface area contributed by atoms with Crippen LogP contribution in [0.15, 0.2) is 66.9 Å². The number of rotatable bonds is 7. The Hall–Kier alpha value is -4.20. The van der Waals surface area contributed by atoms with Crippen LogP contribution in [0.4, 0.5) is 10.5 Å². The van der Waals surface area contributed by atoms with Gasteiger partial charge in [0.1, 0.15) is 17.8 Å². The maximum Gasteiger partial charge on any atom is 0.411 e. The lowest BCUT2D eigenvalue weighted by molar-refractivity contribution is -0.143. The number of carboxylic acids is 1. The number of nitrogens with zero attached hydrogens (tertiary/aromatic N) is 1. The van der Waals surface area contributed by atoms with E-state index >= 15 is 0 Å². The zero-order chi connectivity index (χ0) is 24.3. The largest absolute Gasteiger partial charge is 0.480 e. The number of benzene rings is 2. The number of carbonyl (C=O) groups excluding carboxylic acids is 2. The number of pyridine rings is 1. The fourth-order valence-corrected chi connectivity index (χ4v) is 3.96. The third-order valence-corrected chi connectivity index (χ3v) is 6.15. The van der Waals surface area contributed by atoms with E-state index in [9.17, 15) is 19.5 Å². The molecule has 3 aromatic rings. The Morgan fingerprint density at radius 1 is 1.00 bits per heavy atom. The number of hydrogen-bond acceptors (Lipinski definition) is 5. The zero-order valence-corrected chi connectivity index (χ0v) is 18.9. The quantitative estimate of drug-likeness (QED) is 0.481. The summed E-state index contributed by atoms with van der Waals surface area (Å²) < 4.78 is 5.51. The average molecular weight is 460 g/mol. The predicted molar refractivity (Wildman–Crippen MR) is 127 cm³/mol. The Balaban J connectivity index is 1.37. The molecule has 2 aromatic carbocycles. The lowest BCUT2D eigenvalue weighted by atomic mass is 9.98. The predicted octanol–water partition coefficient (Wildman–Crippen LogP) is 4.43. The molecule has 1 aliphatic rings. The van der Waals surface area contributed by atoms with Crippen molar-refractivity contribution in [2.75, 3.05) is 11.9 Å². The molecule has 1 atom stereocenters. The van der Waals surface area contributed by atoms with Crippen LogP contribution in [0.1, 0.15) is 47.8 Å². The molecule has 1 unspecified atom stereocenters. The van der Waals surface area contributed by atoms with E-state index in [2.05, 4.69) is 27.8 Å². The molecule has 1 aliphatic carbocycles. The van der Waals surface area contributed by atoms with Crippen LogP contribution in [0, 0.1) is 0 Å². The van der Waals surface area contributed by atoms with E-state index in [0.29, 0.717) is 5.69 Å². The maximum atomic E-state index is 12.4. The van der Waals surface area contributed by atoms with Crippen LogP contribution in [0.5, 0.6) is 0 Å². The number of aliphatic carboxylic acids is 1. The summed E-state index contributed by atoms with van der Waals surface area (Å²) in [6, 6.07) is 19.1. The van der Waals surface area contributed by atoms with Gasteiger partial charge in [-0.1, -0.05) is 55.5 Å². The second-order valence-electron chi connectivity index (χ2n) is 8.33. The van der Waals surface area contributed by atoms with Gasteiger partial charge < -0.3 is 15.2 Å². The molecule has 0 aliphatic heterocycles. The van der Waals surface area contributed by atoms with Gasteiger partial charge >= 0.3 is 12.1 Å². The van der Waals surface area contributed by atoms with E-state index in [1.807, 2.05) is 36.4 Å². The molecule has 1 heterocycles. The van der Waals surface area contributed by atoms with E-state index in [0.717, 1.165) is 22.3 Å². The standard InChI is InChI=1S/C26H25N3O5/c1-3-26(2,24(31)32)29-23(30)22-13-12-16(14-27-22)28-25(33)34-15-21-19-10-6-4-8-17(19)18-9-5-7-11-20(18)21/h4-14,21H,3,15H2,1-2H3,(H,28,33)(H,29,30)(H,31,32). The molecule has 4 rings (SSSR count). The number of hydrogen-bond donors (Lipinski definition) is 3. The van der Waals surface area contributed by atoms with Gasteiger partial charge in [-0.2, -0.15) is 0 Å². The third-order valence-electron chi connectivity index (χ3n) is 6.15. The topological polar surface area (TPSA) is 118 Å². The molecule has 8 heteroatoms. The van der Waals surface area contributed by atoms with E-state index in [-0.39, 0.29) is 24.6 Å². The average Bonchev–Trinajstić information content (AvgIpc) is 3.16. The Bertz CT molecular complexity index is 1200. The highest BCUT2D eigenvalue weighted by Crippen LogP contribution is 2.44. The first-order chi connectivity index (χ1) is 16.3. The molecule has 0 radical (unpaired) electrons. The van der Waals surface area contributed by atoms with E-state index in [4.69, 9.17) is 4.74 Å². The molecule has 1 aromatic heterocycles. The van der Waals surface area contributed by atoms with Gasteiger partial charge in [0.2, 0.25) is 0 Å². The number of fused-ring (bicyclic) bond motifs is 3. The van der Waals surface area contributed by atoms with Crippen molar-refractivity contribution in [1.82, 2.24) is 10.3 Å². The lowest BCUT2D eigenvalue weighted by Crippen LogP contribution is -2.51. The van der Waals surface area contributed by atoms with Crippen molar-refractivity contribution in [3.63, 3.8) is 0 Å². The van der Waals surface area contributed by atoms with Crippen molar-refractivity contribution < 1.29 is 24.2 Å². The number of amides is 2. The number of anilines is 1. The maximum absolute atomic E-state index is 12.4. The summed E-state index contributed by atoms with van der Waals surface area (Å²) in [4.78, 5) is 40.2. The molecule has 0 bridgehead atoms. The zero-order valence-electron chi connectivity index (χ0n) is 18.9. The Kier molecular flexibility index (Phi) is 6.32. The van der Waals surface area contributed by atoms with Gasteiger partial charge in [0, 0.05) is 5.92 Å². The van der Waals surface area contributed by atoms with E-state index < -0.39 is 23.5 Å². The molecule has 174 valence electrons. The SMILES string of the molecule is CCC(C)(NC(=O)c1ccc(NC(=O)OCC2c3ccccc3-c3ccccc32)cn1)C(=O)O. The smallest absolute Gasteiger partial charge is 0.411 e. The molecule has 3 N–H and O–H groups in total. The summed E-state index contributed by atoms with van der Waals surface area (Å²) in [5.74, 6) is -1.79. The molecule has 0 saturated heterocycles. The summed E-state index contributed by atoms with van der Waals surface area (Å²) in [5.41, 5.74) is 3.53. The summed E-state index contributed by atoms with van der Waals surface area (Å²) in [6.07, 6.45) is 0.904. The molecule has 34 heavy (non-hydrogen) atoms. The number of ether oxygens (including phenoxy) is 1. The second kappa shape index (κ2) is 9.35. The van der Waals surface area contributed by atoms with Crippen molar-refractivity contribution in [3.05, 3.63) is 83.7 Å². The van der Waals surface area contributed by atoms with Crippen LogP contribution in [0.25, 0.3) is 11.1 Å². The normalized spacial score (nSPS) is 13.8. The molecule has 0 fully saturated rings. The van der Waals surface area contributed by atoms with Crippen molar-refractivity contribution in [1.29, 1.82) is 0 Å². The Labute approximate surface area is 197 Å². The van der Waals surface area contributed by atoms with Gasteiger partial charge in [-0.05, 0) is 47.7 Å². The number of aromatic nitrogens is 1. The highest BCUT2D eigenvalue weighted by atomic mass is 16.5. The van der Waals surface area contributed by atoms with Gasteiger partial charge in [-0.25, -0.2) is 14.6 Å². The number of carbonyl (C=O) groups is 3. The van der Waals surface area contributed by atoms with Crippen LogP contribution in [-0.2, 0) is 9.53 Å². The fourth-order valence-electron chi connectivity index (χ4n) is 3.96. The van der Waals surface area contributed by atoms with Crippen LogP contribution in [0.3, 0.4) is 0 Å². The van der Waals surface area contributed by atoms with Crippen molar-refractivity contribution in [2.45, 2.75) is 31.7 Å². The van der Waals surface area contributed by atoms with Crippen molar-refractivity contribution in [3.8, 4) is 11.1 Å². The van der Waals surface area contributed by atoms with Crippen LogP contribution < -0.4 is 10.6 Å². The minimum absolute atomic E-state index is 0.0408. The first kappa shape index (κ1) is 23.0. The number of nitrogens with one attached hydrogen (secondary N) is 2. The van der Waals surface area contributed by atoms with Gasteiger partial charge in [-0.3, -0.25) is 10.1 Å². The summed E-state index contributed by atoms with van der Waals surface area (Å²) in [7, 11) is 0. The Morgan fingerprint density at radius 2 is 1.62 bits per heavy atom. The second-order valence-corrected chi connectivity index (χ2v) is 8.33. The van der Waals surface area contributed by atoms with Gasteiger partial charge in [-0.15, -0.1) is 0 Å². The van der Waals surface area contributed by atoms with Gasteiger partial charge in [0.25, 0.3) is 5.91 Å². The van der Waals surface area contributed by atoms with Crippen LogP contribution in [0.2, 0.25) is 0 Å². The van der Waals surface area contributed by atoms with Gasteiger partial charge in [0.05, 0.1) is 11.9 Å². The minimum Gasteiger partial charge on any atom is -0.480 e. The van der Waals surface area contributed by atoms with Crippen molar-refractivity contribution >= 4 is 23.7 Å². The molecule has 0 saturated carbocycles. The fraction of sp³-hybridized carbons (Fsp3) is 0.231. The molecule has 0 spiro atoms.